The SMILES string of the molecule is Cl.N#CC1(c2ccccc2)CCc2nc3ccc(Cl)cc3c(-c3ccccc3)c2C1. The minimum atomic E-state index is -0.536. The Balaban J connectivity index is 0.00000218. The molecule has 0 saturated carbocycles. The van der Waals surface area contributed by atoms with Crippen molar-refractivity contribution in [3.63, 3.8) is 0 Å². The van der Waals surface area contributed by atoms with Crippen LogP contribution in [0, 0.1) is 11.3 Å². The first-order valence-corrected chi connectivity index (χ1v) is 10.2. The van der Waals surface area contributed by atoms with Gasteiger partial charge in [-0.05, 0) is 59.7 Å². The van der Waals surface area contributed by atoms with E-state index in [1.807, 2.05) is 42.5 Å². The Morgan fingerprint density at radius 3 is 2.33 bits per heavy atom. The van der Waals surface area contributed by atoms with Gasteiger partial charge in [0.05, 0.1) is 17.0 Å². The van der Waals surface area contributed by atoms with E-state index < -0.39 is 5.41 Å². The number of hydrogen-bond donors (Lipinski definition) is 0. The third-order valence-corrected chi connectivity index (χ3v) is 6.24. The van der Waals surface area contributed by atoms with Crippen LogP contribution in [0.5, 0.6) is 0 Å². The third-order valence-electron chi connectivity index (χ3n) is 6.00. The number of hydrogen-bond acceptors (Lipinski definition) is 2. The number of halogens is 2. The maximum atomic E-state index is 10.2. The molecule has 0 spiro atoms. The molecular formula is C26H20Cl2N2. The van der Waals surface area contributed by atoms with Gasteiger partial charge in [0.2, 0.25) is 0 Å². The highest BCUT2D eigenvalue weighted by atomic mass is 35.5. The molecule has 0 N–H and O–H groups in total. The highest BCUT2D eigenvalue weighted by Crippen LogP contribution is 2.44. The number of nitrogens with zero attached hydrogens (tertiary/aromatic N) is 2. The van der Waals surface area contributed by atoms with Crippen LogP contribution in [0.1, 0.15) is 23.2 Å². The Kier molecular flexibility index (Phi) is 5.52. The van der Waals surface area contributed by atoms with Crippen LogP contribution in [0.15, 0.2) is 78.9 Å². The molecule has 4 aromatic rings. The van der Waals surface area contributed by atoms with E-state index in [1.54, 1.807) is 0 Å². The predicted molar refractivity (Wildman–Crippen MR) is 125 cm³/mol. The molecule has 1 aromatic heterocycles. The fourth-order valence-electron chi connectivity index (χ4n) is 4.54. The first-order valence-electron chi connectivity index (χ1n) is 9.83. The molecule has 30 heavy (non-hydrogen) atoms. The zero-order valence-corrected chi connectivity index (χ0v) is 17.9. The second kappa shape index (κ2) is 8.11. The summed E-state index contributed by atoms with van der Waals surface area (Å²) in [6, 6.07) is 29.1. The number of benzene rings is 3. The van der Waals surface area contributed by atoms with Gasteiger partial charge in [0, 0.05) is 16.1 Å². The second-order valence-corrected chi connectivity index (χ2v) is 8.11. The van der Waals surface area contributed by atoms with Crippen LogP contribution in [0.4, 0.5) is 0 Å². The van der Waals surface area contributed by atoms with Crippen molar-refractivity contribution in [1.82, 2.24) is 4.98 Å². The van der Waals surface area contributed by atoms with E-state index in [1.165, 1.54) is 5.56 Å². The van der Waals surface area contributed by atoms with Gasteiger partial charge in [0.15, 0.2) is 0 Å². The van der Waals surface area contributed by atoms with Crippen LogP contribution >= 0.6 is 24.0 Å². The Morgan fingerprint density at radius 2 is 1.63 bits per heavy atom. The monoisotopic (exact) mass is 430 g/mol. The molecule has 1 aliphatic rings. The lowest BCUT2D eigenvalue weighted by Crippen LogP contribution is -2.32. The topological polar surface area (TPSA) is 36.7 Å². The Hall–Kier alpha value is -2.86. The maximum absolute atomic E-state index is 10.2. The van der Waals surface area contributed by atoms with Crippen LogP contribution in [0.2, 0.25) is 5.02 Å². The summed E-state index contributed by atoms with van der Waals surface area (Å²) in [5.74, 6) is 0. The smallest absolute Gasteiger partial charge is 0.0867 e. The molecule has 1 atom stereocenters. The maximum Gasteiger partial charge on any atom is 0.0867 e. The number of nitriles is 1. The summed E-state index contributed by atoms with van der Waals surface area (Å²) in [7, 11) is 0. The fourth-order valence-corrected chi connectivity index (χ4v) is 4.72. The van der Waals surface area contributed by atoms with Gasteiger partial charge in [-0.1, -0.05) is 72.3 Å². The number of fused-ring (bicyclic) bond motifs is 2. The molecule has 148 valence electrons. The summed E-state index contributed by atoms with van der Waals surface area (Å²) < 4.78 is 0. The highest BCUT2D eigenvalue weighted by molar-refractivity contribution is 6.31. The summed E-state index contributed by atoms with van der Waals surface area (Å²) in [6.45, 7) is 0. The van der Waals surface area contributed by atoms with Crippen molar-refractivity contribution >= 4 is 34.9 Å². The number of aromatic nitrogens is 1. The third kappa shape index (κ3) is 3.35. The van der Waals surface area contributed by atoms with Crippen molar-refractivity contribution in [2.24, 2.45) is 0 Å². The van der Waals surface area contributed by atoms with Crippen LogP contribution in [-0.2, 0) is 18.3 Å². The summed E-state index contributed by atoms with van der Waals surface area (Å²) in [4.78, 5) is 4.97. The van der Waals surface area contributed by atoms with Crippen LogP contribution in [-0.4, -0.2) is 4.98 Å². The van der Waals surface area contributed by atoms with E-state index in [4.69, 9.17) is 16.6 Å². The van der Waals surface area contributed by atoms with Gasteiger partial charge < -0.3 is 0 Å². The predicted octanol–water partition coefficient (Wildman–Crippen LogP) is 6.93. The molecule has 0 aliphatic heterocycles. The van der Waals surface area contributed by atoms with E-state index >= 15 is 0 Å². The molecule has 0 saturated heterocycles. The van der Waals surface area contributed by atoms with Gasteiger partial charge in [-0.2, -0.15) is 5.26 Å². The molecule has 0 bridgehead atoms. The molecule has 1 aliphatic carbocycles. The zero-order chi connectivity index (χ0) is 19.8. The van der Waals surface area contributed by atoms with Gasteiger partial charge in [-0.15, -0.1) is 12.4 Å². The summed E-state index contributed by atoms with van der Waals surface area (Å²) in [5.41, 5.74) is 6.06. The van der Waals surface area contributed by atoms with E-state index in [0.717, 1.165) is 46.1 Å². The van der Waals surface area contributed by atoms with Crippen molar-refractivity contribution < 1.29 is 0 Å². The molecule has 0 amide bonds. The lowest BCUT2D eigenvalue weighted by Gasteiger charge is -2.34. The van der Waals surface area contributed by atoms with E-state index in [-0.39, 0.29) is 12.4 Å². The van der Waals surface area contributed by atoms with Gasteiger partial charge >= 0.3 is 0 Å². The Labute approximate surface area is 187 Å². The van der Waals surface area contributed by atoms with E-state index in [9.17, 15) is 5.26 Å². The van der Waals surface area contributed by atoms with Gasteiger partial charge in [-0.25, -0.2) is 0 Å². The molecule has 1 unspecified atom stereocenters. The molecule has 4 heteroatoms. The zero-order valence-electron chi connectivity index (χ0n) is 16.3. The Bertz CT molecular complexity index is 1250. The molecule has 5 rings (SSSR count). The largest absolute Gasteiger partial charge is 0.253 e. The fraction of sp³-hybridized carbons (Fsp3) is 0.154. The minimum Gasteiger partial charge on any atom is -0.253 e. The van der Waals surface area contributed by atoms with Crippen LogP contribution < -0.4 is 0 Å². The van der Waals surface area contributed by atoms with Gasteiger partial charge in [0.25, 0.3) is 0 Å². The second-order valence-electron chi connectivity index (χ2n) is 7.68. The summed E-state index contributed by atoms with van der Waals surface area (Å²) in [5, 5.41) is 12.0. The van der Waals surface area contributed by atoms with Crippen molar-refractivity contribution in [3.05, 3.63) is 101 Å². The number of pyridine rings is 1. The molecular weight excluding hydrogens is 411 g/mol. The quantitative estimate of drug-likeness (QED) is 0.345. The normalized spacial score (nSPS) is 17.6. The molecule has 0 fully saturated rings. The lowest BCUT2D eigenvalue weighted by atomic mass is 9.68. The number of aryl methyl sites for hydroxylation is 1. The minimum absolute atomic E-state index is 0. The van der Waals surface area contributed by atoms with Crippen molar-refractivity contribution in [2.45, 2.75) is 24.7 Å². The van der Waals surface area contributed by atoms with Gasteiger partial charge in [-0.3, -0.25) is 4.98 Å². The molecule has 0 radical (unpaired) electrons. The number of rotatable bonds is 2. The summed E-state index contributed by atoms with van der Waals surface area (Å²) >= 11 is 6.36. The van der Waals surface area contributed by atoms with Crippen LogP contribution in [0.25, 0.3) is 22.0 Å². The van der Waals surface area contributed by atoms with Crippen molar-refractivity contribution in [2.75, 3.05) is 0 Å². The van der Waals surface area contributed by atoms with E-state index in [0.29, 0.717) is 11.4 Å². The van der Waals surface area contributed by atoms with E-state index in [2.05, 4.69) is 42.5 Å². The molecule has 3 aromatic carbocycles. The van der Waals surface area contributed by atoms with Crippen molar-refractivity contribution in [1.29, 1.82) is 5.26 Å². The lowest BCUT2D eigenvalue weighted by molar-refractivity contribution is 0.468. The summed E-state index contributed by atoms with van der Waals surface area (Å²) in [6.07, 6.45) is 2.22. The van der Waals surface area contributed by atoms with Crippen LogP contribution in [0.3, 0.4) is 0 Å². The highest BCUT2D eigenvalue weighted by Gasteiger charge is 2.38. The first-order chi connectivity index (χ1) is 14.2. The first kappa shape index (κ1) is 20.4. The average molecular weight is 431 g/mol. The Morgan fingerprint density at radius 1 is 0.933 bits per heavy atom. The molecule has 2 nitrogen and oxygen atoms in total. The molecule has 1 heterocycles. The van der Waals surface area contributed by atoms with Gasteiger partial charge in [0.1, 0.15) is 0 Å². The standard InChI is InChI=1S/C26H19ClN2.ClH/c27-20-11-12-23-21(15-20)25(18-7-3-1-4-8-18)22-16-26(17-28,14-13-24(22)29-23)19-9-5-2-6-10-19;/h1-12,15H,13-14,16H2;1H. The average Bonchev–Trinajstić information content (AvgIpc) is 2.78. The van der Waals surface area contributed by atoms with Crippen molar-refractivity contribution in [3.8, 4) is 17.2 Å².